The summed E-state index contributed by atoms with van der Waals surface area (Å²) in [7, 11) is 4.78. The average molecular weight is 408 g/mol. The van der Waals surface area contributed by atoms with E-state index in [1.165, 1.54) is 13.4 Å². The van der Waals surface area contributed by atoms with Crippen LogP contribution in [0.3, 0.4) is 0 Å². The molecule has 2 aromatic carbocycles. The fraction of sp³-hybridized carbons (Fsp3) is 0.318. The molecule has 1 aromatic heterocycles. The van der Waals surface area contributed by atoms with E-state index in [4.69, 9.17) is 14.2 Å². The van der Waals surface area contributed by atoms with Crippen molar-refractivity contribution in [3.8, 4) is 11.5 Å². The van der Waals surface area contributed by atoms with Crippen molar-refractivity contribution in [1.29, 1.82) is 0 Å². The van der Waals surface area contributed by atoms with Crippen LogP contribution < -0.4 is 14.4 Å². The molecule has 1 aliphatic heterocycles. The summed E-state index contributed by atoms with van der Waals surface area (Å²) in [6, 6.07) is 15.4. The molecule has 0 fully saturated rings. The molecule has 0 saturated carbocycles. The smallest absolute Gasteiger partial charge is 0.255 e. The Morgan fingerprint density at radius 3 is 2.03 bits per heavy atom. The van der Waals surface area contributed by atoms with Gasteiger partial charge in [-0.15, -0.1) is 0 Å². The van der Waals surface area contributed by atoms with Gasteiger partial charge in [0.2, 0.25) is 5.95 Å². The minimum Gasteiger partial charge on any atom is -0.497 e. The van der Waals surface area contributed by atoms with Crippen LogP contribution in [-0.2, 0) is 9.53 Å². The van der Waals surface area contributed by atoms with Crippen LogP contribution in [0.5, 0.6) is 11.5 Å². The Labute approximate surface area is 175 Å². The Balaban J connectivity index is 1.78. The first-order valence-corrected chi connectivity index (χ1v) is 9.64. The van der Waals surface area contributed by atoms with E-state index in [1.54, 1.807) is 23.8 Å². The van der Waals surface area contributed by atoms with Crippen molar-refractivity contribution < 1.29 is 19.0 Å². The molecule has 4 rings (SSSR count). The van der Waals surface area contributed by atoms with E-state index in [0.29, 0.717) is 12.4 Å². The first-order valence-electron chi connectivity index (χ1n) is 9.64. The summed E-state index contributed by atoms with van der Waals surface area (Å²) in [5, 5.41) is 4.43. The van der Waals surface area contributed by atoms with Gasteiger partial charge in [0.05, 0.1) is 26.3 Å². The zero-order valence-corrected chi connectivity index (χ0v) is 17.2. The molecule has 2 heterocycles. The second kappa shape index (κ2) is 8.54. The molecule has 3 aromatic rings. The predicted octanol–water partition coefficient (Wildman–Crippen LogP) is 3.01. The van der Waals surface area contributed by atoms with Gasteiger partial charge in [-0.3, -0.25) is 9.69 Å². The summed E-state index contributed by atoms with van der Waals surface area (Å²) in [6.45, 7) is -0.0350. The summed E-state index contributed by atoms with van der Waals surface area (Å²) < 4.78 is 17.5. The zero-order valence-electron chi connectivity index (χ0n) is 17.2. The normalized spacial score (nSPS) is 18.0. The van der Waals surface area contributed by atoms with E-state index >= 15 is 0 Å². The molecule has 0 radical (unpaired) electrons. The van der Waals surface area contributed by atoms with E-state index in [2.05, 4.69) is 10.1 Å². The van der Waals surface area contributed by atoms with Gasteiger partial charge in [0, 0.05) is 7.11 Å². The minimum absolute atomic E-state index is 0.0350. The van der Waals surface area contributed by atoms with Gasteiger partial charge in [0.1, 0.15) is 24.4 Å². The van der Waals surface area contributed by atoms with Crippen LogP contribution in [0, 0.1) is 0 Å². The number of nitrogens with zero attached hydrogens (tertiary/aromatic N) is 4. The highest BCUT2D eigenvalue weighted by Gasteiger charge is 2.39. The summed E-state index contributed by atoms with van der Waals surface area (Å²) >= 11 is 0. The van der Waals surface area contributed by atoms with Gasteiger partial charge >= 0.3 is 0 Å². The fourth-order valence-electron chi connectivity index (χ4n) is 3.89. The van der Waals surface area contributed by atoms with E-state index in [1.807, 2.05) is 48.5 Å². The number of benzene rings is 2. The SMILES string of the molecule is COCC(=O)N1c2ncnn2C(c2ccc(OC)cc2)CC1c1ccc(OC)cc1. The number of fused-ring (bicyclic) bond motifs is 1. The van der Waals surface area contributed by atoms with E-state index < -0.39 is 0 Å². The van der Waals surface area contributed by atoms with Gasteiger partial charge in [-0.25, -0.2) is 4.68 Å². The van der Waals surface area contributed by atoms with Crippen molar-refractivity contribution in [3.05, 3.63) is 66.0 Å². The molecule has 0 bridgehead atoms. The second-order valence-corrected chi connectivity index (χ2v) is 7.01. The van der Waals surface area contributed by atoms with E-state index in [0.717, 1.165) is 22.6 Å². The molecule has 0 aliphatic carbocycles. The summed E-state index contributed by atoms with van der Waals surface area (Å²) in [5.41, 5.74) is 2.06. The Morgan fingerprint density at radius 1 is 0.933 bits per heavy atom. The van der Waals surface area contributed by atoms with Crippen LogP contribution in [0.4, 0.5) is 5.95 Å². The van der Waals surface area contributed by atoms with Crippen LogP contribution in [-0.4, -0.2) is 48.6 Å². The van der Waals surface area contributed by atoms with Crippen molar-refractivity contribution in [2.45, 2.75) is 18.5 Å². The lowest BCUT2D eigenvalue weighted by Crippen LogP contribution is -2.44. The second-order valence-electron chi connectivity index (χ2n) is 7.01. The van der Waals surface area contributed by atoms with Crippen molar-refractivity contribution in [2.75, 3.05) is 32.8 Å². The molecule has 0 saturated heterocycles. The van der Waals surface area contributed by atoms with Gasteiger partial charge < -0.3 is 14.2 Å². The summed E-state index contributed by atoms with van der Waals surface area (Å²) in [6.07, 6.45) is 2.12. The number of aromatic nitrogens is 3. The molecule has 8 nitrogen and oxygen atoms in total. The third-order valence-corrected chi connectivity index (χ3v) is 5.36. The number of hydrogen-bond acceptors (Lipinski definition) is 6. The van der Waals surface area contributed by atoms with Crippen LogP contribution >= 0.6 is 0 Å². The van der Waals surface area contributed by atoms with Gasteiger partial charge in [-0.05, 0) is 41.8 Å². The third-order valence-electron chi connectivity index (χ3n) is 5.36. The van der Waals surface area contributed by atoms with Crippen molar-refractivity contribution in [2.24, 2.45) is 0 Å². The number of ether oxygens (including phenoxy) is 3. The molecule has 8 heteroatoms. The molecule has 2 atom stereocenters. The topological polar surface area (TPSA) is 78.7 Å². The molecule has 30 heavy (non-hydrogen) atoms. The number of hydrogen-bond donors (Lipinski definition) is 0. The molecule has 2 unspecified atom stereocenters. The number of amides is 1. The van der Waals surface area contributed by atoms with Gasteiger partial charge in [-0.2, -0.15) is 10.1 Å². The fourth-order valence-corrected chi connectivity index (χ4v) is 3.89. The van der Waals surface area contributed by atoms with Gasteiger partial charge in [0.25, 0.3) is 5.91 Å². The number of rotatable bonds is 6. The summed E-state index contributed by atoms with van der Waals surface area (Å²) in [5.74, 6) is 1.89. The Kier molecular flexibility index (Phi) is 5.67. The lowest BCUT2D eigenvalue weighted by atomic mass is 9.92. The Hall–Kier alpha value is -3.39. The number of carbonyl (C=O) groups is 1. The first kappa shape index (κ1) is 19.9. The highest BCUT2D eigenvalue weighted by Crippen LogP contribution is 2.42. The molecule has 0 spiro atoms. The maximum atomic E-state index is 13.0. The summed E-state index contributed by atoms with van der Waals surface area (Å²) in [4.78, 5) is 19.1. The molecule has 156 valence electrons. The molecular weight excluding hydrogens is 384 g/mol. The maximum absolute atomic E-state index is 13.0. The van der Waals surface area contributed by atoms with Gasteiger partial charge in [-0.1, -0.05) is 24.3 Å². The van der Waals surface area contributed by atoms with Crippen LogP contribution in [0.25, 0.3) is 0 Å². The monoisotopic (exact) mass is 408 g/mol. The lowest BCUT2D eigenvalue weighted by molar-refractivity contribution is -0.123. The third kappa shape index (κ3) is 3.61. The van der Waals surface area contributed by atoms with Crippen LogP contribution in [0.15, 0.2) is 54.9 Å². The number of methoxy groups -OCH3 is 3. The lowest BCUT2D eigenvalue weighted by Gasteiger charge is -2.39. The number of anilines is 1. The predicted molar refractivity (Wildman–Crippen MR) is 111 cm³/mol. The quantitative estimate of drug-likeness (QED) is 0.624. The van der Waals surface area contributed by atoms with Crippen molar-refractivity contribution in [3.63, 3.8) is 0 Å². The largest absolute Gasteiger partial charge is 0.497 e. The van der Waals surface area contributed by atoms with E-state index in [-0.39, 0.29) is 24.6 Å². The van der Waals surface area contributed by atoms with Crippen molar-refractivity contribution >= 4 is 11.9 Å². The zero-order chi connectivity index (χ0) is 21.1. The molecular formula is C22H24N4O4. The first-order chi connectivity index (χ1) is 14.7. The highest BCUT2D eigenvalue weighted by atomic mass is 16.5. The molecule has 0 N–H and O–H groups in total. The molecule has 1 amide bonds. The van der Waals surface area contributed by atoms with Crippen LogP contribution in [0.2, 0.25) is 0 Å². The highest BCUT2D eigenvalue weighted by molar-refractivity contribution is 5.93. The van der Waals surface area contributed by atoms with Gasteiger partial charge in [0.15, 0.2) is 0 Å². The number of carbonyl (C=O) groups excluding carboxylic acids is 1. The average Bonchev–Trinajstić information content (AvgIpc) is 3.28. The van der Waals surface area contributed by atoms with E-state index in [9.17, 15) is 4.79 Å². The Bertz CT molecular complexity index is 1000. The minimum atomic E-state index is -0.220. The standard InChI is InChI=1S/C22H24N4O4/c1-28-13-21(27)25-19(15-4-8-17(29-2)9-5-15)12-20(26-22(25)23-14-24-26)16-6-10-18(30-3)11-7-16/h4-11,14,19-20H,12-13H2,1-3H3. The Morgan fingerprint density at radius 2 is 1.50 bits per heavy atom. The van der Waals surface area contributed by atoms with Crippen molar-refractivity contribution in [1.82, 2.24) is 14.8 Å². The maximum Gasteiger partial charge on any atom is 0.255 e. The molecule has 1 aliphatic rings. The van der Waals surface area contributed by atoms with Crippen LogP contribution in [0.1, 0.15) is 29.6 Å².